The van der Waals surface area contributed by atoms with Crippen LogP contribution in [0, 0.1) is 0 Å². The van der Waals surface area contributed by atoms with E-state index in [-0.39, 0.29) is 0 Å². The number of aryl methyl sites for hydroxylation is 4. The fourth-order valence-electron chi connectivity index (χ4n) is 17.4. The van der Waals surface area contributed by atoms with E-state index in [9.17, 15) is 5.53 Å². The Kier molecular flexibility index (Phi) is 71.5. The van der Waals surface area contributed by atoms with Gasteiger partial charge in [-0.25, -0.2) is 4.70 Å². The zero-order valence-corrected chi connectivity index (χ0v) is 75.0. The molecular weight excluding hydrogens is 1320 g/mol. The zero-order chi connectivity index (χ0) is 76.5. The summed E-state index contributed by atoms with van der Waals surface area (Å²) >= 11 is 2.05. The van der Waals surface area contributed by atoms with Crippen molar-refractivity contribution in [2.45, 2.75) is 562 Å². The average molecular weight is 1510 g/mol. The monoisotopic (exact) mass is 1510 g/mol. The van der Waals surface area contributed by atoms with Crippen molar-refractivity contribution in [2.75, 3.05) is 0 Å². The number of rotatable bonds is 79. The van der Waals surface area contributed by atoms with Gasteiger partial charge in [0.2, 0.25) is 11.4 Å². The molecule has 1 aliphatic heterocycles. The summed E-state index contributed by atoms with van der Waals surface area (Å²) in [6, 6.07) is 10.0. The van der Waals surface area contributed by atoms with Crippen LogP contribution < -0.4 is 0 Å². The molecule has 0 N–H and O–H groups in total. The van der Waals surface area contributed by atoms with Crippen molar-refractivity contribution < 1.29 is 19.1 Å². The number of benzene rings is 2. The molecule has 2 nitrogen and oxygen atoms in total. The second-order valence-corrected chi connectivity index (χ2v) is 35.6. The van der Waals surface area contributed by atoms with Gasteiger partial charge in [-0.2, -0.15) is 0 Å². The van der Waals surface area contributed by atoms with Crippen LogP contribution in [0.5, 0.6) is 0 Å². The van der Waals surface area contributed by atoms with Crippen LogP contribution in [0.25, 0.3) is 16.9 Å². The van der Waals surface area contributed by atoms with E-state index in [0.717, 1.165) is 88.4 Å². The Morgan fingerprint density at radius 1 is 0.198 bits per heavy atom. The van der Waals surface area contributed by atoms with Gasteiger partial charge in [0.1, 0.15) is 0 Å². The molecule has 0 aromatic heterocycles. The van der Waals surface area contributed by atoms with Crippen molar-refractivity contribution in [1.82, 2.24) is 0 Å². The van der Waals surface area contributed by atoms with Crippen molar-refractivity contribution >= 4 is 11.4 Å². The molecule has 0 aliphatic carbocycles. The van der Waals surface area contributed by atoms with Gasteiger partial charge in [0.25, 0.3) is 0 Å². The third-order valence-corrected chi connectivity index (χ3v) is 25.2. The van der Waals surface area contributed by atoms with E-state index in [4.69, 9.17) is 0 Å². The van der Waals surface area contributed by atoms with Crippen LogP contribution >= 0.6 is 0 Å². The van der Waals surface area contributed by atoms with E-state index in [0.29, 0.717) is 0 Å². The molecule has 0 radical (unpaired) electrons. The molecule has 2 aromatic carbocycles. The predicted octanol–water partition coefficient (Wildman–Crippen LogP) is 37.1. The van der Waals surface area contributed by atoms with Crippen molar-refractivity contribution in [3.05, 3.63) is 85.5 Å². The molecule has 0 spiro atoms. The molecule has 3 rings (SSSR count). The molecule has 0 unspecified atom stereocenters. The maximum atomic E-state index is 12.9. The number of allylic oxidation sites excluding steroid dienone is 2. The fourth-order valence-corrected chi connectivity index (χ4v) is 18.7. The van der Waals surface area contributed by atoms with Crippen LogP contribution in [0.1, 0.15) is 557 Å². The third-order valence-electron chi connectivity index (χ3n) is 23.8. The molecule has 0 saturated heterocycles. The molecule has 0 fully saturated rings. The topological polar surface area (TPSA) is 25.3 Å². The molecule has 1 aliphatic rings. The van der Waals surface area contributed by atoms with Crippen LogP contribution in [0.4, 0.5) is 0 Å². The van der Waals surface area contributed by atoms with Crippen molar-refractivity contribution in [3.63, 3.8) is 0 Å². The van der Waals surface area contributed by atoms with Gasteiger partial charge in [-0.1, -0.05) is 345 Å². The van der Waals surface area contributed by atoms with Gasteiger partial charge in [-0.05, 0) is 122 Å². The van der Waals surface area contributed by atoms with Crippen LogP contribution in [-0.4, -0.2) is 4.70 Å². The van der Waals surface area contributed by atoms with E-state index < -0.39 is 0 Å². The molecule has 0 bridgehead atoms. The Morgan fingerprint density at radius 3 is 0.547 bits per heavy atom. The first kappa shape index (κ1) is 100. The van der Waals surface area contributed by atoms with Gasteiger partial charge in [-0.15, -0.1) is 0 Å². The van der Waals surface area contributed by atoms with Crippen molar-refractivity contribution in [2.24, 2.45) is 0 Å². The molecule has 1 heterocycles. The van der Waals surface area contributed by atoms with Gasteiger partial charge in [0.15, 0.2) is 0 Å². The Morgan fingerprint density at radius 2 is 0.368 bits per heavy atom. The number of nitrogens with zero attached hydrogens (tertiary/aromatic N) is 2. The Hall–Kier alpha value is -1.99. The Labute approximate surface area is 673 Å². The van der Waals surface area contributed by atoms with Crippen molar-refractivity contribution in [3.8, 4) is 0 Å². The van der Waals surface area contributed by atoms with Gasteiger partial charge in [-0.3, -0.25) is 0 Å². The molecule has 0 atom stereocenters. The van der Waals surface area contributed by atoms with E-state index in [1.54, 1.807) is 15.8 Å². The first-order chi connectivity index (χ1) is 52.3. The number of unbranched alkanes of at least 4 members (excludes halogenated alkanes) is 57. The van der Waals surface area contributed by atoms with Gasteiger partial charge in [0.05, 0.1) is 0 Å². The first-order valence-corrected chi connectivity index (χ1v) is 50.5. The van der Waals surface area contributed by atoms with Crippen LogP contribution in [0.3, 0.4) is 0 Å². The first-order valence-electron chi connectivity index (χ1n) is 49.1. The zero-order valence-electron chi connectivity index (χ0n) is 74.0. The summed E-state index contributed by atoms with van der Waals surface area (Å²) in [6.45, 7) is 23.2. The quantitative estimate of drug-likeness (QED) is 0.0358. The molecule has 3 heteroatoms. The number of hydrogen-bond acceptors (Lipinski definition) is 0. The summed E-state index contributed by atoms with van der Waals surface area (Å²) in [5.41, 5.74) is 29.7. The van der Waals surface area contributed by atoms with Gasteiger partial charge < -0.3 is 5.53 Å². The summed E-state index contributed by atoms with van der Waals surface area (Å²) in [5.74, 6) is 0. The fraction of sp³-hybridized carbons (Fsp3) is 0.845. The normalized spacial score (nSPS) is 12.5. The van der Waals surface area contributed by atoms with E-state index in [2.05, 4.69) is 108 Å². The van der Waals surface area contributed by atoms with Crippen LogP contribution in [-0.2, 0) is 53.0 Å². The second kappa shape index (κ2) is 75.7. The molecule has 0 saturated carbocycles. The maximum absolute atomic E-state index is 12.9. The SMILES string of the molecule is CCCCCCCCCCCCCC1=C(c2cc(CCC)c(CCC)c(CCC)c2)[N+](=[N-])C(c2cc(CCC)c(CCC)c(CCC)c2)=C1CCCCCCCC.CCCCCCCCCCCCCCCCCCCCCCC[CH2][Ni][CH2]CCCCCCCCCCCCCCCCCCCCCCC. The molecular formula is C103H188N2Ni. The van der Waals surface area contributed by atoms with E-state index >= 15 is 0 Å². The van der Waals surface area contributed by atoms with Crippen molar-refractivity contribution in [1.29, 1.82) is 0 Å². The van der Waals surface area contributed by atoms with Crippen LogP contribution in [0.2, 0.25) is 10.8 Å². The minimum absolute atomic E-state index is 1.05. The third kappa shape index (κ3) is 50.9. The number of hydrogen-bond donors (Lipinski definition) is 0. The predicted molar refractivity (Wildman–Crippen MR) is 477 cm³/mol. The average Bonchev–Trinajstić information content (AvgIpc) is 1.59. The summed E-state index contributed by atoms with van der Waals surface area (Å²) in [5, 5.41) is 2.87. The second-order valence-electron chi connectivity index (χ2n) is 34.1. The molecule has 0 amide bonds. The minimum Gasteiger partial charge on any atom is -0.0654 e. The Bertz CT molecular complexity index is 2230. The minimum atomic E-state index is 1.05. The molecule has 2 aromatic rings. The summed E-state index contributed by atoms with van der Waals surface area (Å²) < 4.78 is 1.72. The smallest absolute Gasteiger partial charge is 0.0654 e. The van der Waals surface area contributed by atoms with Crippen LogP contribution in [0.15, 0.2) is 35.4 Å². The van der Waals surface area contributed by atoms with Gasteiger partial charge >= 0.3 is 166 Å². The summed E-state index contributed by atoms with van der Waals surface area (Å²) in [7, 11) is 0. The molecule has 106 heavy (non-hydrogen) atoms. The summed E-state index contributed by atoms with van der Waals surface area (Å²) in [6.07, 6.45) is 104. The van der Waals surface area contributed by atoms with E-state index in [1.807, 2.05) is 0 Å². The Balaban J connectivity index is 0.000000730. The van der Waals surface area contributed by atoms with Gasteiger partial charge in [0, 0.05) is 22.3 Å². The molecule has 620 valence electrons. The standard InChI is InChI=1S/C55H90N2.2C24H49.Ni/c1-9-17-19-21-23-24-25-26-27-29-31-39-53-52(38-30-28-22-20-18-10-2)54(48-40-44(32-11-3)50(36-15-7)45(41-48)33-12-4)57(56)55(53)49-42-46(34-13-5)51(37-16-8)47(43-49)35-14-6;2*1-3-5-7-9-11-13-15-17-19-21-23-24-22-20-18-16-14-12-10-8-6-4-2;/h40-43H,9-39H2,1-8H3;2*1,3-24H2,2H3;. The summed E-state index contributed by atoms with van der Waals surface area (Å²) in [4.78, 5) is 0. The van der Waals surface area contributed by atoms with E-state index in [1.165, 1.54) is 460 Å².